The second-order valence-electron chi connectivity index (χ2n) is 2.51. The molecule has 0 bridgehead atoms. The summed E-state index contributed by atoms with van der Waals surface area (Å²) in [6.45, 7) is 1.92. The number of hydrogen-bond acceptors (Lipinski definition) is 3. The lowest BCUT2D eigenvalue weighted by molar-refractivity contribution is -0.127. The molecule has 5 N–H and O–H groups in total. The highest BCUT2D eigenvalue weighted by Gasteiger charge is 2.14. The van der Waals surface area contributed by atoms with Crippen LogP contribution in [-0.4, -0.2) is 24.4 Å². The first-order chi connectivity index (χ1) is 5.61. The summed E-state index contributed by atoms with van der Waals surface area (Å²) in [4.78, 5) is 21.5. The Morgan fingerprint density at radius 1 is 1.50 bits per heavy atom. The van der Waals surface area contributed by atoms with E-state index in [1.807, 2.05) is 6.92 Å². The third-order valence-electron chi connectivity index (χ3n) is 1.39. The SMILES string of the molecule is CCCC(=O)NC(CN)C(N)=O. The van der Waals surface area contributed by atoms with Crippen molar-refractivity contribution in [2.24, 2.45) is 11.5 Å². The standard InChI is InChI=1S/C7H15N3O2/c1-2-3-6(11)10-5(4-8)7(9)12/h5H,2-4,8H2,1H3,(H2,9,12)(H,10,11). The Kier molecular flexibility index (Phi) is 5.03. The van der Waals surface area contributed by atoms with Gasteiger partial charge in [0, 0.05) is 13.0 Å². The molecule has 0 heterocycles. The normalized spacial score (nSPS) is 12.2. The number of nitrogens with two attached hydrogens (primary N) is 2. The highest BCUT2D eigenvalue weighted by atomic mass is 16.2. The average molecular weight is 173 g/mol. The first-order valence-corrected chi connectivity index (χ1v) is 3.90. The topological polar surface area (TPSA) is 98.2 Å². The zero-order valence-electron chi connectivity index (χ0n) is 7.17. The maximum atomic E-state index is 10.9. The van der Waals surface area contributed by atoms with Gasteiger partial charge in [0.1, 0.15) is 6.04 Å². The molecule has 5 heteroatoms. The molecule has 0 aliphatic carbocycles. The van der Waals surface area contributed by atoms with Crippen molar-refractivity contribution in [1.29, 1.82) is 0 Å². The molecule has 0 rings (SSSR count). The van der Waals surface area contributed by atoms with Crippen molar-refractivity contribution >= 4 is 11.8 Å². The third kappa shape index (κ3) is 3.92. The van der Waals surface area contributed by atoms with Gasteiger partial charge in [-0.2, -0.15) is 0 Å². The van der Waals surface area contributed by atoms with Crippen LogP contribution < -0.4 is 16.8 Å². The van der Waals surface area contributed by atoms with Crippen LogP contribution in [0.15, 0.2) is 0 Å². The molecule has 0 fully saturated rings. The number of hydrogen-bond donors (Lipinski definition) is 3. The van der Waals surface area contributed by atoms with Crippen LogP contribution in [-0.2, 0) is 9.59 Å². The lowest BCUT2D eigenvalue weighted by atomic mass is 10.2. The number of amides is 2. The fraction of sp³-hybridized carbons (Fsp3) is 0.714. The molecule has 0 radical (unpaired) electrons. The van der Waals surface area contributed by atoms with Crippen LogP contribution in [0, 0.1) is 0 Å². The molecule has 0 aliphatic rings. The molecule has 0 spiro atoms. The maximum absolute atomic E-state index is 10.9. The zero-order valence-corrected chi connectivity index (χ0v) is 7.17. The lowest BCUT2D eigenvalue weighted by Crippen LogP contribution is -2.48. The van der Waals surface area contributed by atoms with E-state index in [-0.39, 0.29) is 12.5 Å². The summed E-state index contributed by atoms with van der Waals surface area (Å²) in [6, 6.07) is -0.732. The maximum Gasteiger partial charge on any atom is 0.241 e. The highest BCUT2D eigenvalue weighted by Crippen LogP contribution is 1.87. The molecule has 0 saturated carbocycles. The van der Waals surface area contributed by atoms with Gasteiger partial charge in [0.25, 0.3) is 0 Å². The molecule has 12 heavy (non-hydrogen) atoms. The van der Waals surface area contributed by atoms with E-state index in [1.54, 1.807) is 0 Å². The molecular weight excluding hydrogens is 158 g/mol. The van der Waals surface area contributed by atoms with E-state index in [1.165, 1.54) is 0 Å². The summed E-state index contributed by atoms with van der Waals surface area (Å²) in [5.74, 6) is -0.784. The van der Waals surface area contributed by atoms with Crippen LogP contribution in [0.2, 0.25) is 0 Å². The Hall–Kier alpha value is -1.10. The highest BCUT2D eigenvalue weighted by molar-refractivity contribution is 5.86. The van der Waals surface area contributed by atoms with Crippen LogP contribution >= 0.6 is 0 Å². The summed E-state index contributed by atoms with van der Waals surface area (Å²) in [5.41, 5.74) is 10.2. The second kappa shape index (κ2) is 5.54. The number of primary amides is 1. The van der Waals surface area contributed by atoms with E-state index >= 15 is 0 Å². The van der Waals surface area contributed by atoms with Crippen molar-refractivity contribution in [2.75, 3.05) is 6.54 Å². The first kappa shape index (κ1) is 10.9. The Morgan fingerprint density at radius 2 is 2.08 bits per heavy atom. The molecule has 0 aliphatic heterocycles. The van der Waals surface area contributed by atoms with Crippen LogP contribution in [0.5, 0.6) is 0 Å². The fourth-order valence-corrected chi connectivity index (χ4v) is 0.740. The van der Waals surface area contributed by atoms with Crippen molar-refractivity contribution in [3.63, 3.8) is 0 Å². The minimum atomic E-state index is -0.732. The minimum Gasteiger partial charge on any atom is -0.368 e. The van der Waals surface area contributed by atoms with E-state index in [0.717, 1.165) is 6.42 Å². The molecule has 0 aromatic rings. The number of rotatable bonds is 5. The van der Waals surface area contributed by atoms with E-state index in [4.69, 9.17) is 11.5 Å². The van der Waals surface area contributed by atoms with E-state index in [2.05, 4.69) is 5.32 Å². The van der Waals surface area contributed by atoms with E-state index in [9.17, 15) is 9.59 Å². The van der Waals surface area contributed by atoms with Gasteiger partial charge in [-0.15, -0.1) is 0 Å². The molecule has 1 unspecified atom stereocenters. The van der Waals surface area contributed by atoms with E-state index < -0.39 is 11.9 Å². The largest absolute Gasteiger partial charge is 0.368 e. The van der Waals surface area contributed by atoms with Gasteiger partial charge in [0.05, 0.1) is 0 Å². The van der Waals surface area contributed by atoms with Crippen LogP contribution in [0.3, 0.4) is 0 Å². The van der Waals surface area contributed by atoms with Gasteiger partial charge in [-0.25, -0.2) is 0 Å². The predicted molar refractivity (Wildman–Crippen MR) is 45.1 cm³/mol. The van der Waals surface area contributed by atoms with E-state index in [0.29, 0.717) is 6.42 Å². The van der Waals surface area contributed by atoms with Gasteiger partial charge in [-0.1, -0.05) is 6.92 Å². The Bertz CT molecular complexity index is 170. The van der Waals surface area contributed by atoms with Gasteiger partial charge in [0.15, 0.2) is 0 Å². The van der Waals surface area contributed by atoms with Crippen molar-refractivity contribution in [3.05, 3.63) is 0 Å². The van der Waals surface area contributed by atoms with Gasteiger partial charge in [-0.05, 0) is 6.42 Å². The Balaban J connectivity index is 3.85. The number of carbonyl (C=O) groups is 2. The van der Waals surface area contributed by atoms with Crippen molar-refractivity contribution in [3.8, 4) is 0 Å². The van der Waals surface area contributed by atoms with Crippen molar-refractivity contribution in [1.82, 2.24) is 5.32 Å². The quantitative estimate of drug-likeness (QED) is 0.482. The minimum absolute atomic E-state index is 0.0464. The van der Waals surface area contributed by atoms with Crippen LogP contribution in [0.25, 0.3) is 0 Å². The molecule has 0 aromatic heterocycles. The van der Waals surface area contributed by atoms with Crippen molar-refractivity contribution in [2.45, 2.75) is 25.8 Å². The van der Waals surface area contributed by atoms with Gasteiger partial charge >= 0.3 is 0 Å². The molecule has 2 amide bonds. The fourth-order valence-electron chi connectivity index (χ4n) is 0.740. The smallest absolute Gasteiger partial charge is 0.241 e. The Labute approximate surface area is 71.5 Å². The zero-order chi connectivity index (χ0) is 9.56. The molecule has 1 atom stereocenters. The number of carbonyl (C=O) groups excluding carboxylic acids is 2. The summed E-state index contributed by atoms with van der Waals surface area (Å²) < 4.78 is 0. The monoisotopic (exact) mass is 173 g/mol. The molecule has 0 saturated heterocycles. The lowest BCUT2D eigenvalue weighted by Gasteiger charge is -2.12. The molecule has 5 nitrogen and oxygen atoms in total. The van der Waals surface area contributed by atoms with Crippen molar-refractivity contribution < 1.29 is 9.59 Å². The molecule has 70 valence electrons. The van der Waals surface area contributed by atoms with Crippen LogP contribution in [0.4, 0.5) is 0 Å². The summed E-state index contributed by atoms with van der Waals surface area (Å²) in [7, 11) is 0. The third-order valence-corrected chi connectivity index (χ3v) is 1.39. The summed E-state index contributed by atoms with van der Waals surface area (Å²) in [6.07, 6.45) is 1.13. The van der Waals surface area contributed by atoms with Gasteiger partial charge in [-0.3, -0.25) is 9.59 Å². The Morgan fingerprint density at radius 3 is 2.42 bits per heavy atom. The van der Waals surface area contributed by atoms with Crippen LogP contribution in [0.1, 0.15) is 19.8 Å². The first-order valence-electron chi connectivity index (χ1n) is 3.90. The van der Waals surface area contributed by atoms with Gasteiger partial charge in [0.2, 0.25) is 11.8 Å². The molecule has 0 aromatic carbocycles. The summed E-state index contributed by atoms with van der Waals surface area (Å²) >= 11 is 0. The number of nitrogens with one attached hydrogen (secondary N) is 1. The average Bonchev–Trinajstić information content (AvgIpc) is 2.00. The summed E-state index contributed by atoms with van der Waals surface area (Å²) in [5, 5.41) is 2.43. The van der Waals surface area contributed by atoms with Gasteiger partial charge < -0.3 is 16.8 Å². The predicted octanol–water partition coefficient (Wildman–Crippen LogP) is -1.28. The molecular formula is C7H15N3O2. The second-order valence-corrected chi connectivity index (χ2v) is 2.51.